The van der Waals surface area contributed by atoms with E-state index in [9.17, 15) is 4.21 Å². The van der Waals surface area contributed by atoms with Crippen molar-refractivity contribution in [3.8, 4) is 0 Å². The minimum absolute atomic E-state index is 0.0297. The normalized spacial score (nSPS) is 33.8. The zero-order valence-electron chi connectivity index (χ0n) is 21.5. The molecule has 0 aromatic heterocycles. The topological polar surface area (TPSA) is 63.2 Å². The van der Waals surface area contributed by atoms with Gasteiger partial charge in [-0.25, -0.2) is 0 Å². The van der Waals surface area contributed by atoms with Gasteiger partial charge in [-0.2, -0.15) is 0 Å². The van der Waals surface area contributed by atoms with Crippen molar-refractivity contribution in [2.24, 2.45) is 0 Å². The summed E-state index contributed by atoms with van der Waals surface area (Å²) in [6, 6.07) is 9.56. The number of methoxy groups -OCH3 is 2. The second kappa shape index (κ2) is 9.64. The van der Waals surface area contributed by atoms with Crippen LogP contribution >= 0.6 is 0 Å². The highest BCUT2D eigenvalue weighted by molar-refractivity contribution is 7.85. The van der Waals surface area contributed by atoms with E-state index in [0.717, 1.165) is 10.5 Å². The molecule has 33 heavy (non-hydrogen) atoms. The third kappa shape index (κ3) is 5.37. The van der Waals surface area contributed by atoms with Gasteiger partial charge >= 0.3 is 0 Å². The first-order valence-electron chi connectivity index (χ1n) is 11.5. The van der Waals surface area contributed by atoms with Crippen LogP contribution in [0.3, 0.4) is 0 Å². The van der Waals surface area contributed by atoms with Crippen LogP contribution in [-0.4, -0.2) is 62.4 Å². The molecule has 0 radical (unpaired) electrons. The molecule has 3 rings (SSSR count). The Labute approximate surface area is 202 Å². The minimum Gasteiger partial charge on any atom is -0.408 e. The molecule has 1 aliphatic heterocycles. The fourth-order valence-corrected chi connectivity index (χ4v) is 6.43. The van der Waals surface area contributed by atoms with Crippen LogP contribution in [0, 0.1) is 0 Å². The van der Waals surface area contributed by atoms with Crippen molar-refractivity contribution < 1.29 is 27.6 Å². The van der Waals surface area contributed by atoms with Gasteiger partial charge in [0.1, 0.15) is 6.10 Å². The largest absolute Gasteiger partial charge is 0.408 e. The van der Waals surface area contributed by atoms with E-state index >= 15 is 0 Å². The highest BCUT2D eigenvalue weighted by Crippen LogP contribution is 2.46. The van der Waals surface area contributed by atoms with Crippen LogP contribution in [-0.2, 0) is 34.2 Å². The van der Waals surface area contributed by atoms with Crippen molar-refractivity contribution in [2.75, 3.05) is 20.0 Å². The molecule has 0 spiro atoms. The lowest BCUT2D eigenvalue weighted by Gasteiger charge is -2.55. The van der Waals surface area contributed by atoms with Crippen molar-refractivity contribution in [1.82, 2.24) is 0 Å². The molecule has 6 atom stereocenters. The van der Waals surface area contributed by atoms with E-state index in [1.165, 1.54) is 0 Å². The van der Waals surface area contributed by atoms with Gasteiger partial charge in [0.2, 0.25) is 11.6 Å². The lowest BCUT2D eigenvalue weighted by molar-refractivity contribution is -0.452. The Balaban J connectivity index is 1.95. The summed E-state index contributed by atoms with van der Waals surface area (Å²) in [4.78, 5) is 0.817. The Kier molecular flexibility index (Phi) is 7.81. The predicted molar refractivity (Wildman–Crippen MR) is 133 cm³/mol. The number of hydrogen-bond donors (Lipinski definition) is 0. The molecule has 0 amide bonds. The summed E-state index contributed by atoms with van der Waals surface area (Å²) in [5.74, 6) is -1.76. The molecule has 1 aromatic carbocycles. The minimum atomic E-state index is -2.13. The summed E-state index contributed by atoms with van der Waals surface area (Å²) >= 11 is 0. The van der Waals surface area contributed by atoms with Crippen LogP contribution in [0.2, 0.25) is 18.1 Å². The Bertz CT molecular complexity index is 883. The van der Waals surface area contributed by atoms with E-state index in [1.807, 2.05) is 44.2 Å². The fraction of sp³-hybridized carbons (Fsp3) is 0.680. The zero-order chi connectivity index (χ0) is 24.7. The first-order chi connectivity index (χ1) is 15.3. The van der Waals surface area contributed by atoms with Gasteiger partial charge in [0, 0.05) is 24.9 Å². The summed E-state index contributed by atoms with van der Waals surface area (Å²) < 4.78 is 44.4. The third-order valence-electron chi connectivity index (χ3n) is 7.45. The maximum absolute atomic E-state index is 13.1. The molecule has 1 aliphatic carbocycles. The molecule has 0 saturated carbocycles. The molecule has 0 N–H and O–H groups in total. The number of rotatable bonds is 7. The summed E-state index contributed by atoms with van der Waals surface area (Å²) in [6.45, 7) is 14.8. The molecular formula is C25H40O6SSi. The van der Waals surface area contributed by atoms with Crippen molar-refractivity contribution in [1.29, 1.82) is 0 Å². The summed E-state index contributed by atoms with van der Waals surface area (Å²) in [7, 11) is -0.0948. The quantitative estimate of drug-likeness (QED) is 0.390. The zero-order valence-corrected chi connectivity index (χ0v) is 23.3. The molecule has 2 aliphatic rings. The van der Waals surface area contributed by atoms with E-state index in [-0.39, 0.29) is 23.4 Å². The monoisotopic (exact) mass is 496 g/mol. The maximum Gasteiger partial charge on any atom is 0.220 e. The van der Waals surface area contributed by atoms with Crippen LogP contribution in [0.1, 0.15) is 41.0 Å². The SMILES string of the molecule is CO[C@]1(C)O[C@@H]2[C@H](O[Si](C)(C)C(C)(C)C)C=C(CS(=O)c3ccccc3)C[C@H]2O[C@@]1(C)OC. The van der Waals surface area contributed by atoms with Crippen LogP contribution < -0.4 is 0 Å². The van der Waals surface area contributed by atoms with Crippen LogP contribution in [0.5, 0.6) is 0 Å². The van der Waals surface area contributed by atoms with Gasteiger partial charge < -0.3 is 23.4 Å². The Hall–Kier alpha value is -0.873. The van der Waals surface area contributed by atoms with Gasteiger partial charge in [0.25, 0.3) is 0 Å². The van der Waals surface area contributed by atoms with Crippen molar-refractivity contribution in [3.05, 3.63) is 42.0 Å². The molecular weight excluding hydrogens is 456 g/mol. The molecule has 1 saturated heterocycles. The molecule has 186 valence electrons. The number of benzene rings is 1. The van der Waals surface area contributed by atoms with E-state index in [0.29, 0.717) is 12.2 Å². The van der Waals surface area contributed by atoms with Gasteiger partial charge in [0.05, 0.1) is 23.0 Å². The summed E-state index contributed by atoms with van der Waals surface area (Å²) in [6.07, 6.45) is 1.71. The first-order valence-corrected chi connectivity index (χ1v) is 15.7. The predicted octanol–water partition coefficient (Wildman–Crippen LogP) is 5.02. The lowest BCUT2D eigenvalue weighted by atomic mass is 9.90. The Morgan fingerprint density at radius 1 is 1.06 bits per heavy atom. The van der Waals surface area contributed by atoms with Crippen LogP contribution in [0.4, 0.5) is 0 Å². The summed E-state index contributed by atoms with van der Waals surface area (Å²) in [5, 5.41) is 0.0297. The van der Waals surface area contributed by atoms with Crippen molar-refractivity contribution in [3.63, 3.8) is 0 Å². The highest BCUT2D eigenvalue weighted by atomic mass is 32.2. The molecule has 0 bridgehead atoms. The van der Waals surface area contributed by atoms with E-state index in [4.69, 9.17) is 23.4 Å². The van der Waals surface area contributed by atoms with E-state index < -0.39 is 30.7 Å². The maximum atomic E-state index is 13.1. The highest BCUT2D eigenvalue weighted by Gasteiger charge is 2.59. The molecule has 1 unspecified atom stereocenters. The van der Waals surface area contributed by atoms with E-state index in [1.54, 1.807) is 14.2 Å². The van der Waals surface area contributed by atoms with Crippen molar-refractivity contribution in [2.45, 2.75) is 94.0 Å². The number of fused-ring (bicyclic) bond motifs is 1. The van der Waals surface area contributed by atoms with Crippen molar-refractivity contribution >= 4 is 19.1 Å². The molecule has 8 heteroatoms. The second-order valence-electron chi connectivity index (χ2n) is 10.7. The molecule has 1 fully saturated rings. The average molecular weight is 497 g/mol. The second-order valence-corrected chi connectivity index (χ2v) is 16.9. The first kappa shape index (κ1) is 26.7. The standard InChI is InChI=1S/C25H40O6SSi/c1-23(2,3)33(8,9)31-21-16-18(17-32(26)19-13-11-10-12-14-19)15-20-22(21)30-25(5,28-7)24(4,27-6)29-20/h10-14,16,20-22H,15,17H2,1-9H3/t20-,21-,22+,24-,25-,32?/m1/s1. The van der Waals surface area contributed by atoms with E-state index in [2.05, 4.69) is 39.9 Å². The Morgan fingerprint density at radius 3 is 2.18 bits per heavy atom. The Morgan fingerprint density at radius 2 is 1.64 bits per heavy atom. The number of ether oxygens (including phenoxy) is 4. The smallest absolute Gasteiger partial charge is 0.220 e. The summed E-state index contributed by atoms with van der Waals surface area (Å²) in [5.41, 5.74) is 1.05. The molecule has 6 nitrogen and oxygen atoms in total. The van der Waals surface area contributed by atoms with Crippen LogP contribution in [0.15, 0.2) is 46.9 Å². The van der Waals surface area contributed by atoms with Gasteiger partial charge in [0.15, 0.2) is 8.32 Å². The fourth-order valence-electron chi connectivity index (χ4n) is 4.01. The molecule has 1 heterocycles. The van der Waals surface area contributed by atoms with Gasteiger partial charge in [-0.3, -0.25) is 4.21 Å². The third-order valence-corrected chi connectivity index (χ3v) is 13.4. The van der Waals surface area contributed by atoms with Gasteiger partial charge in [-0.15, -0.1) is 0 Å². The lowest BCUT2D eigenvalue weighted by Crippen LogP contribution is -2.68. The van der Waals surface area contributed by atoms with Crippen LogP contribution in [0.25, 0.3) is 0 Å². The number of hydrogen-bond acceptors (Lipinski definition) is 6. The average Bonchev–Trinajstić information content (AvgIpc) is 2.74. The van der Waals surface area contributed by atoms with Gasteiger partial charge in [-0.1, -0.05) is 50.6 Å². The molecule has 1 aromatic rings. The van der Waals surface area contributed by atoms with Gasteiger partial charge in [-0.05, 0) is 50.5 Å².